The molecule has 11 heteroatoms. The standard InChI is InChI=1S/C25H20ClN7O3/c26-18-11-15(7-8-17(18)23(34)31-21-6-2-4-10-28-21)14-33-20(12-16-5-1-3-9-27-16)24(35)30-19-13-29-32-22(19)25(33)36/h1-11,13,20H,12,14H2,(H,29,32)(H,30,35)(H,28,31,34). The number of carbonyl (C=O) groups is 3. The molecule has 0 radical (unpaired) electrons. The number of aromatic nitrogens is 4. The van der Waals surface area contributed by atoms with E-state index >= 15 is 0 Å². The third-order valence-corrected chi connectivity index (χ3v) is 6.03. The van der Waals surface area contributed by atoms with Crippen LogP contribution in [0.2, 0.25) is 5.02 Å². The van der Waals surface area contributed by atoms with Gasteiger partial charge < -0.3 is 15.5 Å². The number of nitrogens with zero attached hydrogens (tertiary/aromatic N) is 4. The number of hydrogen-bond donors (Lipinski definition) is 3. The summed E-state index contributed by atoms with van der Waals surface area (Å²) < 4.78 is 0. The van der Waals surface area contributed by atoms with E-state index in [1.54, 1.807) is 60.9 Å². The number of pyridine rings is 2. The topological polar surface area (TPSA) is 133 Å². The third kappa shape index (κ3) is 4.80. The van der Waals surface area contributed by atoms with Gasteiger partial charge in [-0.2, -0.15) is 5.10 Å². The molecular formula is C25H20ClN7O3. The van der Waals surface area contributed by atoms with Crippen molar-refractivity contribution in [1.29, 1.82) is 0 Å². The van der Waals surface area contributed by atoms with Crippen molar-refractivity contribution >= 4 is 40.8 Å². The van der Waals surface area contributed by atoms with Crippen LogP contribution in [0.3, 0.4) is 0 Å². The number of benzene rings is 1. The van der Waals surface area contributed by atoms with Crippen molar-refractivity contribution in [2.75, 3.05) is 10.6 Å². The Bertz CT molecular complexity index is 1430. The first kappa shape index (κ1) is 23.2. The second-order valence-electron chi connectivity index (χ2n) is 8.11. The second-order valence-corrected chi connectivity index (χ2v) is 8.51. The quantitative estimate of drug-likeness (QED) is 0.371. The molecule has 1 unspecified atom stereocenters. The van der Waals surface area contributed by atoms with Crippen molar-refractivity contribution in [3.05, 3.63) is 101 Å². The number of halogens is 1. The molecule has 3 aromatic heterocycles. The molecule has 0 bridgehead atoms. The Morgan fingerprint density at radius 2 is 1.86 bits per heavy atom. The van der Waals surface area contributed by atoms with Crippen LogP contribution in [0.1, 0.15) is 32.1 Å². The van der Waals surface area contributed by atoms with E-state index in [1.165, 1.54) is 11.1 Å². The minimum atomic E-state index is -0.834. The lowest BCUT2D eigenvalue weighted by atomic mass is 10.1. The van der Waals surface area contributed by atoms with E-state index < -0.39 is 17.9 Å². The zero-order chi connectivity index (χ0) is 25.1. The molecule has 1 aliphatic rings. The Hall–Kier alpha value is -4.57. The van der Waals surface area contributed by atoms with Crippen molar-refractivity contribution in [3.63, 3.8) is 0 Å². The number of fused-ring (bicyclic) bond motifs is 1. The Morgan fingerprint density at radius 1 is 1.06 bits per heavy atom. The second kappa shape index (κ2) is 9.96. The van der Waals surface area contributed by atoms with Crippen LogP contribution >= 0.6 is 11.6 Å². The number of hydrogen-bond acceptors (Lipinski definition) is 6. The van der Waals surface area contributed by atoms with Gasteiger partial charge in [0.15, 0.2) is 0 Å². The Labute approximate surface area is 210 Å². The fraction of sp³-hybridized carbons (Fsp3) is 0.120. The van der Waals surface area contributed by atoms with E-state index in [9.17, 15) is 14.4 Å². The first-order valence-corrected chi connectivity index (χ1v) is 11.4. The summed E-state index contributed by atoms with van der Waals surface area (Å²) in [6, 6.07) is 14.6. The summed E-state index contributed by atoms with van der Waals surface area (Å²) in [7, 11) is 0. The molecule has 1 atom stereocenters. The molecule has 3 amide bonds. The van der Waals surface area contributed by atoms with Crippen LogP contribution in [0.4, 0.5) is 11.5 Å². The van der Waals surface area contributed by atoms with E-state index in [0.29, 0.717) is 22.8 Å². The van der Waals surface area contributed by atoms with Crippen LogP contribution < -0.4 is 10.6 Å². The lowest BCUT2D eigenvalue weighted by molar-refractivity contribution is -0.120. The van der Waals surface area contributed by atoms with Gasteiger partial charge in [0, 0.05) is 31.1 Å². The summed E-state index contributed by atoms with van der Waals surface area (Å²) in [5, 5.41) is 12.2. The zero-order valence-corrected chi connectivity index (χ0v) is 19.6. The van der Waals surface area contributed by atoms with Gasteiger partial charge in [0.2, 0.25) is 5.91 Å². The average molecular weight is 502 g/mol. The maximum absolute atomic E-state index is 13.4. The molecule has 1 aliphatic heterocycles. The summed E-state index contributed by atoms with van der Waals surface area (Å²) in [5.74, 6) is -0.761. The predicted molar refractivity (Wildman–Crippen MR) is 132 cm³/mol. The molecular weight excluding hydrogens is 482 g/mol. The van der Waals surface area contributed by atoms with Crippen LogP contribution in [-0.4, -0.2) is 48.8 Å². The van der Waals surface area contributed by atoms with Gasteiger partial charge in [-0.05, 0) is 42.0 Å². The van der Waals surface area contributed by atoms with Crippen molar-refractivity contribution in [2.24, 2.45) is 0 Å². The predicted octanol–water partition coefficient (Wildman–Crippen LogP) is 3.31. The van der Waals surface area contributed by atoms with E-state index in [0.717, 1.165) is 0 Å². The highest BCUT2D eigenvalue weighted by Gasteiger charge is 2.37. The van der Waals surface area contributed by atoms with Crippen molar-refractivity contribution in [3.8, 4) is 0 Å². The van der Waals surface area contributed by atoms with Crippen LogP contribution in [0.5, 0.6) is 0 Å². The zero-order valence-electron chi connectivity index (χ0n) is 18.8. The van der Waals surface area contributed by atoms with Crippen LogP contribution in [0.25, 0.3) is 0 Å². The van der Waals surface area contributed by atoms with Crippen LogP contribution in [-0.2, 0) is 17.8 Å². The first-order chi connectivity index (χ1) is 17.5. The minimum Gasteiger partial charge on any atom is -0.321 e. The highest BCUT2D eigenvalue weighted by Crippen LogP contribution is 2.26. The van der Waals surface area contributed by atoms with Gasteiger partial charge in [0.1, 0.15) is 17.6 Å². The number of rotatable bonds is 6. The molecule has 0 fully saturated rings. The largest absolute Gasteiger partial charge is 0.321 e. The molecule has 0 spiro atoms. The molecule has 0 aliphatic carbocycles. The number of aromatic amines is 1. The maximum atomic E-state index is 13.4. The Balaban J connectivity index is 1.42. The summed E-state index contributed by atoms with van der Waals surface area (Å²) in [6.45, 7) is 0.0735. The summed E-state index contributed by atoms with van der Waals surface area (Å²) in [6.07, 6.45) is 4.82. The van der Waals surface area contributed by atoms with Crippen molar-refractivity contribution in [1.82, 2.24) is 25.1 Å². The molecule has 4 aromatic rings. The van der Waals surface area contributed by atoms with Gasteiger partial charge in [0.05, 0.1) is 22.5 Å². The van der Waals surface area contributed by atoms with E-state index in [1.807, 2.05) is 6.07 Å². The molecule has 0 saturated carbocycles. The fourth-order valence-electron chi connectivity index (χ4n) is 3.95. The fourth-order valence-corrected chi connectivity index (χ4v) is 4.24. The Kier molecular flexibility index (Phi) is 6.42. The SMILES string of the molecule is O=C(Nc1ccccn1)c1ccc(CN2C(=O)c3[nH]ncc3NC(=O)C2Cc2ccccn2)cc1Cl. The van der Waals surface area contributed by atoms with E-state index in [2.05, 4.69) is 30.8 Å². The molecule has 10 nitrogen and oxygen atoms in total. The van der Waals surface area contributed by atoms with E-state index in [4.69, 9.17) is 11.6 Å². The average Bonchev–Trinajstić information content (AvgIpc) is 3.32. The smallest absolute Gasteiger partial charge is 0.275 e. The molecule has 3 N–H and O–H groups in total. The van der Waals surface area contributed by atoms with Gasteiger partial charge >= 0.3 is 0 Å². The molecule has 1 aromatic carbocycles. The van der Waals surface area contributed by atoms with Crippen molar-refractivity contribution < 1.29 is 14.4 Å². The summed E-state index contributed by atoms with van der Waals surface area (Å²) in [5.41, 5.74) is 2.07. The van der Waals surface area contributed by atoms with Crippen LogP contribution in [0, 0.1) is 0 Å². The van der Waals surface area contributed by atoms with Crippen LogP contribution in [0.15, 0.2) is 73.2 Å². The highest BCUT2D eigenvalue weighted by atomic mass is 35.5. The molecule has 0 saturated heterocycles. The van der Waals surface area contributed by atoms with Gasteiger partial charge in [-0.15, -0.1) is 0 Å². The molecule has 36 heavy (non-hydrogen) atoms. The summed E-state index contributed by atoms with van der Waals surface area (Å²) >= 11 is 6.45. The number of carbonyl (C=O) groups excluding carboxylic acids is 3. The molecule has 5 rings (SSSR count). The number of anilines is 2. The third-order valence-electron chi connectivity index (χ3n) is 5.72. The number of H-pyrrole nitrogens is 1. The number of amides is 3. The lowest BCUT2D eigenvalue weighted by Crippen LogP contribution is -2.46. The minimum absolute atomic E-state index is 0.0735. The normalized spacial score (nSPS) is 15.1. The Morgan fingerprint density at radius 3 is 2.58 bits per heavy atom. The van der Waals surface area contributed by atoms with E-state index in [-0.39, 0.29) is 35.2 Å². The number of nitrogens with one attached hydrogen (secondary N) is 3. The maximum Gasteiger partial charge on any atom is 0.275 e. The monoisotopic (exact) mass is 501 g/mol. The summed E-state index contributed by atoms with van der Waals surface area (Å²) in [4.78, 5) is 49.1. The molecule has 180 valence electrons. The lowest BCUT2D eigenvalue weighted by Gasteiger charge is -2.28. The van der Waals surface area contributed by atoms with Gasteiger partial charge in [0.25, 0.3) is 11.8 Å². The van der Waals surface area contributed by atoms with Gasteiger partial charge in [-0.3, -0.25) is 24.5 Å². The highest BCUT2D eigenvalue weighted by molar-refractivity contribution is 6.34. The first-order valence-electron chi connectivity index (χ1n) is 11.1. The molecule has 4 heterocycles. The van der Waals surface area contributed by atoms with Gasteiger partial charge in [-0.25, -0.2) is 4.98 Å². The van der Waals surface area contributed by atoms with Gasteiger partial charge in [-0.1, -0.05) is 29.8 Å². The van der Waals surface area contributed by atoms with Crippen molar-refractivity contribution in [2.45, 2.75) is 19.0 Å².